The molecule has 1 aliphatic heterocycles. The highest BCUT2D eigenvalue weighted by Crippen LogP contribution is 2.25. The third kappa shape index (κ3) is 3.40. The number of nitrogens with one attached hydrogen (secondary N) is 2. The summed E-state index contributed by atoms with van der Waals surface area (Å²) in [7, 11) is 0. The third-order valence-corrected chi connectivity index (χ3v) is 4.08. The van der Waals surface area contributed by atoms with Crippen LogP contribution in [0.25, 0.3) is 0 Å². The zero-order valence-corrected chi connectivity index (χ0v) is 13.1. The maximum absolute atomic E-state index is 5.98. The Balaban J connectivity index is 1.58. The van der Waals surface area contributed by atoms with Crippen LogP contribution in [-0.4, -0.2) is 12.6 Å². The lowest BCUT2D eigenvalue weighted by Crippen LogP contribution is -2.34. The van der Waals surface area contributed by atoms with Crippen LogP contribution in [0.15, 0.2) is 42.5 Å². The number of nitrogen functional groups attached to an aromatic ring is 1. The predicted octanol–water partition coefficient (Wildman–Crippen LogP) is 2.87. The van der Waals surface area contributed by atoms with E-state index in [9.17, 15) is 0 Å². The first kappa shape index (κ1) is 14.9. The fourth-order valence-corrected chi connectivity index (χ4v) is 2.78. The molecule has 0 saturated carbocycles. The number of anilines is 1. The average molecular weight is 297 g/mol. The van der Waals surface area contributed by atoms with Gasteiger partial charge in [0.2, 0.25) is 0 Å². The molecule has 1 fully saturated rings. The van der Waals surface area contributed by atoms with Crippen LogP contribution in [0.2, 0.25) is 0 Å². The smallest absolute Gasteiger partial charge is 0.122 e. The molecular formula is C18H23N3O. The Morgan fingerprint density at radius 3 is 2.82 bits per heavy atom. The molecule has 3 rings (SSSR count). The molecule has 2 aromatic carbocycles. The monoisotopic (exact) mass is 297 g/mol. The summed E-state index contributed by atoms with van der Waals surface area (Å²) in [5.41, 5.74) is 16.9. The average Bonchev–Trinajstić information content (AvgIpc) is 2.97. The van der Waals surface area contributed by atoms with Crippen molar-refractivity contribution in [3.8, 4) is 5.75 Å². The van der Waals surface area contributed by atoms with Gasteiger partial charge in [-0.15, -0.1) is 0 Å². The van der Waals surface area contributed by atoms with Gasteiger partial charge in [0.15, 0.2) is 0 Å². The highest BCUT2D eigenvalue weighted by Gasteiger charge is 2.25. The number of hydrazine groups is 1. The zero-order valence-electron chi connectivity index (χ0n) is 13.1. The van der Waals surface area contributed by atoms with Crippen LogP contribution >= 0.6 is 0 Å². The second kappa shape index (κ2) is 6.38. The largest absolute Gasteiger partial charge is 0.492 e. The molecule has 1 saturated heterocycles. The molecule has 22 heavy (non-hydrogen) atoms. The molecule has 0 aliphatic carbocycles. The molecule has 4 nitrogen and oxygen atoms in total. The predicted molar refractivity (Wildman–Crippen MR) is 89.7 cm³/mol. The van der Waals surface area contributed by atoms with Crippen molar-refractivity contribution < 1.29 is 4.74 Å². The lowest BCUT2D eigenvalue weighted by Gasteiger charge is -2.14. The van der Waals surface area contributed by atoms with Gasteiger partial charge in [-0.2, -0.15) is 0 Å². The lowest BCUT2D eigenvalue weighted by atomic mass is 10.0. The summed E-state index contributed by atoms with van der Waals surface area (Å²) in [6.45, 7) is 4.80. The third-order valence-electron chi connectivity index (χ3n) is 4.08. The summed E-state index contributed by atoms with van der Waals surface area (Å²) in [5, 5.41) is 0. The number of hydrogen-bond acceptors (Lipinski definition) is 4. The fourth-order valence-electron chi connectivity index (χ4n) is 2.78. The normalized spacial score (nSPS) is 21.0. The highest BCUT2D eigenvalue weighted by molar-refractivity contribution is 5.42. The summed E-state index contributed by atoms with van der Waals surface area (Å²) >= 11 is 0. The quantitative estimate of drug-likeness (QED) is 0.760. The van der Waals surface area contributed by atoms with Crippen LogP contribution in [0.1, 0.15) is 29.2 Å². The van der Waals surface area contributed by atoms with E-state index in [4.69, 9.17) is 10.5 Å². The summed E-state index contributed by atoms with van der Waals surface area (Å²) in [4.78, 5) is 0. The molecule has 0 amide bonds. The van der Waals surface area contributed by atoms with Gasteiger partial charge < -0.3 is 10.5 Å². The van der Waals surface area contributed by atoms with Crippen molar-refractivity contribution in [3.63, 3.8) is 0 Å². The van der Waals surface area contributed by atoms with Crippen LogP contribution in [0, 0.1) is 13.8 Å². The minimum absolute atomic E-state index is 0.274. The second-order valence-corrected chi connectivity index (χ2v) is 6.02. The van der Waals surface area contributed by atoms with Gasteiger partial charge >= 0.3 is 0 Å². The van der Waals surface area contributed by atoms with Crippen molar-refractivity contribution in [2.45, 2.75) is 32.4 Å². The van der Waals surface area contributed by atoms with Gasteiger partial charge in [0, 0.05) is 11.7 Å². The Bertz CT molecular complexity index is 657. The Morgan fingerprint density at radius 1 is 1.14 bits per heavy atom. The lowest BCUT2D eigenvalue weighted by molar-refractivity contribution is 0.271. The van der Waals surface area contributed by atoms with Gasteiger partial charge in [-0.25, -0.2) is 5.43 Å². The summed E-state index contributed by atoms with van der Waals surface area (Å²) < 4.78 is 5.98. The molecule has 0 spiro atoms. The standard InChI is InChI=1S/C18H23N3O/c1-12-6-7-13(2)18(8-12)22-11-16-10-17(21-20-16)14-4-3-5-15(19)9-14/h3-9,16-17,20-21H,10-11,19H2,1-2H3. The number of aryl methyl sites for hydroxylation is 2. The minimum Gasteiger partial charge on any atom is -0.492 e. The maximum Gasteiger partial charge on any atom is 0.122 e. The molecular weight excluding hydrogens is 274 g/mol. The van der Waals surface area contributed by atoms with Crippen molar-refractivity contribution in [3.05, 3.63) is 59.2 Å². The number of ether oxygens (including phenoxy) is 1. The van der Waals surface area contributed by atoms with Gasteiger partial charge in [0.1, 0.15) is 12.4 Å². The van der Waals surface area contributed by atoms with Gasteiger partial charge in [0.25, 0.3) is 0 Å². The topological polar surface area (TPSA) is 59.3 Å². The Kier molecular flexibility index (Phi) is 4.32. The van der Waals surface area contributed by atoms with Crippen molar-refractivity contribution in [2.24, 2.45) is 0 Å². The van der Waals surface area contributed by atoms with E-state index < -0.39 is 0 Å². The minimum atomic E-state index is 0.274. The van der Waals surface area contributed by atoms with Gasteiger partial charge in [-0.1, -0.05) is 24.3 Å². The first-order valence-electron chi connectivity index (χ1n) is 7.68. The van der Waals surface area contributed by atoms with E-state index in [0.717, 1.165) is 17.9 Å². The van der Waals surface area contributed by atoms with E-state index in [1.165, 1.54) is 16.7 Å². The zero-order chi connectivity index (χ0) is 15.5. The number of benzene rings is 2. The molecule has 4 N–H and O–H groups in total. The molecule has 1 aliphatic rings. The van der Waals surface area contributed by atoms with Crippen molar-refractivity contribution >= 4 is 5.69 Å². The molecule has 116 valence electrons. The molecule has 1 heterocycles. The SMILES string of the molecule is Cc1ccc(C)c(OCC2CC(c3cccc(N)c3)NN2)c1. The first-order valence-corrected chi connectivity index (χ1v) is 7.68. The van der Waals surface area contributed by atoms with E-state index in [1.54, 1.807) is 0 Å². The fraction of sp³-hybridized carbons (Fsp3) is 0.333. The van der Waals surface area contributed by atoms with E-state index in [-0.39, 0.29) is 12.1 Å². The van der Waals surface area contributed by atoms with E-state index >= 15 is 0 Å². The molecule has 0 radical (unpaired) electrons. The number of nitrogens with two attached hydrogens (primary N) is 1. The number of hydrogen-bond donors (Lipinski definition) is 3. The van der Waals surface area contributed by atoms with Crippen LogP contribution in [0.4, 0.5) is 5.69 Å². The summed E-state index contributed by atoms with van der Waals surface area (Å²) in [6.07, 6.45) is 0.980. The Hall–Kier alpha value is -2.04. The Labute approximate surface area is 131 Å². The van der Waals surface area contributed by atoms with E-state index in [0.29, 0.717) is 6.61 Å². The van der Waals surface area contributed by atoms with Crippen LogP contribution in [-0.2, 0) is 0 Å². The molecule has 4 heteroatoms. The molecule has 0 aromatic heterocycles. The van der Waals surface area contributed by atoms with Gasteiger partial charge in [-0.05, 0) is 55.2 Å². The van der Waals surface area contributed by atoms with Crippen LogP contribution in [0.5, 0.6) is 5.75 Å². The van der Waals surface area contributed by atoms with Crippen molar-refractivity contribution in [1.29, 1.82) is 0 Å². The first-order chi connectivity index (χ1) is 10.6. The van der Waals surface area contributed by atoms with Crippen molar-refractivity contribution in [1.82, 2.24) is 10.9 Å². The molecule has 2 unspecified atom stereocenters. The number of rotatable bonds is 4. The van der Waals surface area contributed by atoms with Crippen LogP contribution in [0.3, 0.4) is 0 Å². The van der Waals surface area contributed by atoms with Gasteiger partial charge in [0.05, 0.1) is 6.04 Å². The molecule has 0 bridgehead atoms. The molecule has 2 atom stereocenters. The van der Waals surface area contributed by atoms with E-state index in [1.807, 2.05) is 18.2 Å². The molecule has 2 aromatic rings. The summed E-state index contributed by atoms with van der Waals surface area (Å²) in [6, 6.07) is 14.9. The summed E-state index contributed by atoms with van der Waals surface area (Å²) in [5.74, 6) is 0.967. The van der Waals surface area contributed by atoms with Crippen molar-refractivity contribution in [2.75, 3.05) is 12.3 Å². The highest BCUT2D eigenvalue weighted by atomic mass is 16.5. The van der Waals surface area contributed by atoms with Crippen LogP contribution < -0.4 is 21.3 Å². The second-order valence-electron chi connectivity index (χ2n) is 6.02. The van der Waals surface area contributed by atoms with Gasteiger partial charge in [-0.3, -0.25) is 5.43 Å². The Morgan fingerprint density at radius 2 is 2.00 bits per heavy atom. The van der Waals surface area contributed by atoms with E-state index in [2.05, 4.69) is 49.0 Å². The maximum atomic E-state index is 5.98.